The van der Waals surface area contributed by atoms with Gasteiger partial charge in [0.25, 0.3) is 0 Å². The van der Waals surface area contributed by atoms with Crippen LogP contribution in [0.1, 0.15) is 29.0 Å². The Balaban J connectivity index is 1.55. The second kappa shape index (κ2) is 5.87. The highest BCUT2D eigenvalue weighted by Gasteiger charge is 2.43. The molecule has 0 aliphatic heterocycles. The van der Waals surface area contributed by atoms with E-state index in [9.17, 15) is 13.6 Å². The Labute approximate surface area is 128 Å². The van der Waals surface area contributed by atoms with Gasteiger partial charge in [-0.25, -0.2) is 8.78 Å². The lowest BCUT2D eigenvalue weighted by Crippen LogP contribution is -2.24. The lowest BCUT2D eigenvalue weighted by Gasteiger charge is -2.06. The van der Waals surface area contributed by atoms with E-state index in [4.69, 9.17) is 0 Å². The first kappa shape index (κ1) is 14.7. The van der Waals surface area contributed by atoms with Crippen molar-refractivity contribution >= 4 is 5.91 Å². The number of nitrogens with one attached hydrogen (secondary N) is 1. The van der Waals surface area contributed by atoms with Crippen molar-refractivity contribution in [1.82, 2.24) is 5.32 Å². The van der Waals surface area contributed by atoms with Gasteiger partial charge in [-0.05, 0) is 54.2 Å². The van der Waals surface area contributed by atoms with E-state index in [-0.39, 0.29) is 29.4 Å². The van der Waals surface area contributed by atoms with Gasteiger partial charge in [-0.1, -0.05) is 24.3 Å². The Bertz CT molecular complexity index is 697. The van der Waals surface area contributed by atoms with E-state index >= 15 is 0 Å². The molecule has 1 aliphatic rings. The zero-order valence-corrected chi connectivity index (χ0v) is 12.3. The summed E-state index contributed by atoms with van der Waals surface area (Å²) < 4.78 is 26.3. The van der Waals surface area contributed by atoms with Crippen LogP contribution in [0.5, 0.6) is 0 Å². The summed E-state index contributed by atoms with van der Waals surface area (Å²) in [6.07, 6.45) is 0.778. The van der Waals surface area contributed by atoms with Crippen LogP contribution in [-0.2, 0) is 11.3 Å². The van der Waals surface area contributed by atoms with E-state index in [1.54, 1.807) is 25.1 Å². The fourth-order valence-electron chi connectivity index (χ4n) is 2.63. The monoisotopic (exact) mass is 301 g/mol. The SMILES string of the molecule is Cc1ccc(CNC(=O)C2CC2c2ccc(F)cc2)cc1F. The van der Waals surface area contributed by atoms with Crippen molar-refractivity contribution in [3.05, 3.63) is 70.8 Å². The lowest BCUT2D eigenvalue weighted by molar-refractivity contribution is -0.122. The number of aryl methyl sites for hydroxylation is 1. The van der Waals surface area contributed by atoms with E-state index in [1.807, 2.05) is 6.07 Å². The predicted octanol–water partition coefficient (Wildman–Crippen LogP) is 3.69. The molecule has 0 radical (unpaired) electrons. The first-order chi connectivity index (χ1) is 10.5. The minimum atomic E-state index is -0.271. The second-order valence-electron chi connectivity index (χ2n) is 5.80. The van der Waals surface area contributed by atoms with Crippen molar-refractivity contribution in [1.29, 1.82) is 0 Å². The van der Waals surface area contributed by atoms with Gasteiger partial charge < -0.3 is 5.32 Å². The van der Waals surface area contributed by atoms with Crippen LogP contribution in [0.2, 0.25) is 0 Å². The van der Waals surface area contributed by atoms with Gasteiger partial charge in [0.1, 0.15) is 11.6 Å². The molecule has 0 aromatic heterocycles. The van der Waals surface area contributed by atoms with E-state index in [0.717, 1.165) is 17.5 Å². The molecule has 22 heavy (non-hydrogen) atoms. The molecule has 3 rings (SSSR count). The zero-order valence-electron chi connectivity index (χ0n) is 12.3. The van der Waals surface area contributed by atoms with E-state index < -0.39 is 0 Å². The van der Waals surface area contributed by atoms with Crippen LogP contribution in [0.25, 0.3) is 0 Å². The quantitative estimate of drug-likeness (QED) is 0.917. The summed E-state index contributed by atoms with van der Waals surface area (Å²) in [6.45, 7) is 2.03. The summed E-state index contributed by atoms with van der Waals surface area (Å²) in [4.78, 5) is 12.1. The van der Waals surface area contributed by atoms with Gasteiger partial charge >= 0.3 is 0 Å². The zero-order chi connectivity index (χ0) is 15.7. The molecule has 1 N–H and O–H groups in total. The van der Waals surface area contributed by atoms with Crippen LogP contribution in [0, 0.1) is 24.5 Å². The van der Waals surface area contributed by atoms with Gasteiger partial charge in [-0.2, -0.15) is 0 Å². The Hall–Kier alpha value is -2.23. The molecule has 1 saturated carbocycles. The van der Waals surface area contributed by atoms with Crippen molar-refractivity contribution < 1.29 is 13.6 Å². The highest BCUT2D eigenvalue weighted by atomic mass is 19.1. The molecule has 1 fully saturated rings. The Kier molecular flexibility index (Phi) is 3.92. The highest BCUT2D eigenvalue weighted by molar-refractivity contribution is 5.82. The first-order valence-corrected chi connectivity index (χ1v) is 7.33. The molecule has 0 heterocycles. The summed E-state index contributed by atoms with van der Waals surface area (Å²) in [5, 5.41) is 2.84. The second-order valence-corrected chi connectivity index (χ2v) is 5.80. The molecule has 4 heteroatoms. The molecule has 2 nitrogen and oxygen atoms in total. The number of hydrogen-bond donors (Lipinski definition) is 1. The maximum absolute atomic E-state index is 13.4. The third kappa shape index (κ3) is 3.16. The average Bonchev–Trinajstić information content (AvgIpc) is 3.29. The van der Waals surface area contributed by atoms with Gasteiger partial charge in [-0.3, -0.25) is 4.79 Å². The fraction of sp³-hybridized carbons (Fsp3) is 0.278. The average molecular weight is 301 g/mol. The Morgan fingerprint density at radius 1 is 1.18 bits per heavy atom. The smallest absolute Gasteiger partial charge is 0.224 e. The number of rotatable bonds is 4. The lowest BCUT2D eigenvalue weighted by atomic mass is 10.1. The molecule has 2 aromatic rings. The normalized spacial score (nSPS) is 19.8. The number of halogens is 2. The Morgan fingerprint density at radius 2 is 1.91 bits per heavy atom. The third-order valence-electron chi connectivity index (χ3n) is 4.13. The number of carbonyl (C=O) groups excluding carboxylic acids is 1. The molecule has 114 valence electrons. The summed E-state index contributed by atoms with van der Waals surface area (Å²) in [5.74, 6) is -0.472. The molecular formula is C18H17F2NO. The standard InChI is InChI=1S/C18H17F2NO/c1-11-2-3-12(8-17(11)20)10-21-18(22)16-9-15(16)13-4-6-14(19)7-5-13/h2-8,15-16H,9-10H2,1H3,(H,21,22). The third-order valence-corrected chi connectivity index (χ3v) is 4.13. The van der Waals surface area contributed by atoms with Crippen LogP contribution in [-0.4, -0.2) is 5.91 Å². The van der Waals surface area contributed by atoms with Gasteiger partial charge in [0.05, 0.1) is 0 Å². The molecule has 2 aromatic carbocycles. The van der Waals surface area contributed by atoms with Crippen molar-refractivity contribution in [3.63, 3.8) is 0 Å². The molecule has 1 amide bonds. The number of hydrogen-bond acceptors (Lipinski definition) is 1. The maximum atomic E-state index is 13.4. The van der Waals surface area contributed by atoms with Crippen molar-refractivity contribution in [2.45, 2.75) is 25.8 Å². The van der Waals surface area contributed by atoms with Gasteiger partial charge in [0, 0.05) is 12.5 Å². The summed E-state index contributed by atoms with van der Waals surface area (Å²) in [7, 11) is 0. The summed E-state index contributed by atoms with van der Waals surface area (Å²) in [5.41, 5.74) is 2.33. The van der Waals surface area contributed by atoms with Crippen molar-refractivity contribution in [2.24, 2.45) is 5.92 Å². The van der Waals surface area contributed by atoms with Gasteiger partial charge in [0.2, 0.25) is 5.91 Å². The maximum Gasteiger partial charge on any atom is 0.224 e. The molecule has 1 aliphatic carbocycles. The number of benzene rings is 2. The minimum Gasteiger partial charge on any atom is -0.352 e. The molecule has 0 bridgehead atoms. The fourth-order valence-corrected chi connectivity index (χ4v) is 2.63. The van der Waals surface area contributed by atoms with Crippen molar-refractivity contribution in [3.8, 4) is 0 Å². The number of amides is 1. The van der Waals surface area contributed by atoms with Crippen LogP contribution >= 0.6 is 0 Å². The molecule has 2 unspecified atom stereocenters. The predicted molar refractivity (Wildman–Crippen MR) is 80.2 cm³/mol. The van der Waals surface area contributed by atoms with E-state index in [0.29, 0.717) is 12.1 Å². The number of carbonyl (C=O) groups is 1. The Morgan fingerprint density at radius 3 is 2.59 bits per heavy atom. The van der Waals surface area contributed by atoms with Gasteiger partial charge in [-0.15, -0.1) is 0 Å². The van der Waals surface area contributed by atoms with Gasteiger partial charge in [0.15, 0.2) is 0 Å². The molecule has 2 atom stereocenters. The summed E-state index contributed by atoms with van der Waals surface area (Å²) >= 11 is 0. The van der Waals surface area contributed by atoms with Crippen LogP contribution in [0.15, 0.2) is 42.5 Å². The first-order valence-electron chi connectivity index (χ1n) is 7.33. The topological polar surface area (TPSA) is 29.1 Å². The molecular weight excluding hydrogens is 284 g/mol. The van der Waals surface area contributed by atoms with Crippen LogP contribution < -0.4 is 5.32 Å². The van der Waals surface area contributed by atoms with Crippen molar-refractivity contribution in [2.75, 3.05) is 0 Å². The molecule has 0 spiro atoms. The van der Waals surface area contributed by atoms with Crippen LogP contribution in [0.4, 0.5) is 8.78 Å². The largest absolute Gasteiger partial charge is 0.352 e. The van der Waals surface area contributed by atoms with Crippen LogP contribution in [0.3, 0.4) is 0 Å². The van der Waals surface area contributed by atoms with E-state index in [1.165, 1.54) is 18.2 Å². The molecule has 0 saturated heterocycles. The highest BCUT2D eigenvalue weighted by Crippen LogP contribution is 2.47. The minimum absolute atomic E-state index is 0.0321. The summed E-state index contributed by atoms with van der Waals surface area (Å²) in [6, 6.07) is 11.2. The van der Waals surface area contributed by atoms with E-state index in [2.05, 4.69) is 5.32 Å².